The largest absolute Gasteiger partial charge is 0.419 e. The molecule has 0 saturated carbocycles. The molecule has 2 rings (SSSR count). The zero-order valence-corrected chi connectivity index (χ0v) is 12.9. The van der Waals surface area contributed by atoms with Crippen molar-refractivity contribution in [3.8, 4) is 0 Å². The van der Waals surface area contributed by atoms with Gasteiger partial charge < -0.3 is 10.6 Å². The van der Waals surface area contributed by atoms with Crippen LogP contribution in [0.25, 0.3) is 6.08 Å². The summed E-state index contributed by atoms with van der Waals surface area (Å²) in [6.45, 7) is 0. The Kier molecular flexibility index (Phi) is 5.59. The summed E-state index contributed by atoms with van der Waals surface area (Å²) in [4.78, 5) is 11.7. The van der Waals surface area contributed by atoms with E-state index in [1.165, 1.54) is 6.08 Å². The van der Waals surface area contributed by atoms with Gasteiger partial charge in [0.1, 0.15) is 0 Å². The van der Waals surface area contributed by atoms with Crippen molar-refractivity contribution in [2.24, 2.45) is 0 Å². The topological polar surface area (TPSA) is 41.1 Å². The van der Waals surface area contributed by atoms with Crippen LogP contribution in [0.2, 0.25) is 0 Å². The molecule has 0 unspecified atom stereocenters. The lowest BCUT2D eigenvalue weighted by Gasteiger charge is -2.19. The Morgan fingerprint density at radius 3 is 2.08 bits per heavy atom. The average Bonchev–Trinajstić information content (AvgIpc) is 2.54. The van der Waals surface area contributed by atoms with Gasteiger partial charge in [0.2, 0.25) is 0 Å². The van der Waals surface area contributed by atoms with E-state index in [0.29, 0.717) is 11.6 Å². The zero-order chi connectivity index (χ0) is 19.4. The van der Waals surface area contributed by atoms with E-state index in [-0.39, 0.29) is 0 Å². The molecule has 0 aliphatic heterocycles. The summed E-state index contributed by atoms with van der Waals surface area (Å²) in [6, 6.07) is 9.39. The third-order valence-corrected chi connectivity index (χ3v) is 3.19. The Labute approximate surface area is 144 Å². The summed E-state index contributed by atoms with van der Waals surface area (Å²) in [5.74, 6) is 0. The van der Waals surface area contributed by atoms with Crippen molar-refractivity contribution in [2.75, 3.05) is 5.32 Å². The molecule has 0 spiro atoms. The number of anilines is 1. The molecule has 2 N–H and O–H groups in total. The van der Waals surface area contributed by atoms with E-state index >= 15 is 0 Å². The first-order valence-corrected chi connectivity index (χ1v) is 7.15. The maximum Gasteiger partial charge on any atom is 0.419 e. The Hall–Kier alpha value is -2.97. The number of benzene rings is 2. The van der Waals surface area contributed by atoms with Gasteiger partial charge >= 0.3 is 18.4 Å². The van der Waals surface area contributed by atoms with Gasteiger partial charge in [0.05, 0.1) is 16.8 Å². The van der Waals surface area contributed by atoms with Crippen LogP contribution in [0.4, 0.5) is 36.8 Å². The van der Waals surface area contributed by atoms with Crippen LogP contribution < -0.4 is 10.6 Å². The van der Waals surface area contributed by atoms with Gasteiger partial charge in [-0.2, -0.15) is 26.3 Å². The molecule has 138 valence electrons. The van der Waals surface area contributed by atoms with E-state index in [0.717, 1.165) is 18.3 Å². The minimum atomic E-state index is -5.30. The maximum atomic E-state index is 13.1. The fourth-order valence-corrected chi connectivity index (χ4v) is 2.13. The van der Waals surface area contributed by atoms with E-state index in [1.54, 1.807) is 35.6 Å². The van der Waals surface area contributed by atoms with Crippen molar-refractivity contribution in [3.63, 3.8) is 0 Å². The number of carbonyl (C=O) groups is 1. The number of alkyl halides is 6. The number of carbonyl (C=O) groups excluding carboxylic acids is 1. The van der Waals surface area contributed by atoms with Gasteiger partial charge in [0, 0.05) is 6.20 Å². The number of rotatable bonds is 3. The lowest BCUT2D eigenvalue weighted by atomic mass is 10.0. The molecule has 0 fully saturated rings. The number of amides is 2. The number of hydrogen-bond acceptors (Lipinski definition) is 1. The van der Waals surface area contributed by atoms with Crippen molar-refractivity contribution >= 4 is 17.8 Å². The standard InChI is InChI=1S/C17H12F6N2O/c18-16(19,20)12-7-4-8-13(14(12)17(21,22)23)25-15(26)24-10-9-11-5-2-1-3-6-11/h1-10H,(H2,24,25,26). The van der Waals surface area contributed by atoms with Crippen LogP contribution in [0.5, 0.6) is 0 Å². The Morgan fingerprint density at radius 2 is 1.50 bits per heavy atom. The first kappa shape index (κ1) is 19.4. The Bertz CT molecular complexity index is 797. The number of urea groups is 1. The molecule has 2 aromatic rings. The number of hydrogen-bond donors (Lipinski definition) is 2. The third kappa shape index (κ3) is 5.01. The minimum absolute atomic E-state index is 0.307. The fourth-order valence-electron chi connectivity index (χ4n) is 2.13. The molecule has 0 aliphatic carbocycles. The fraction of sp³-hybridized carbons (Fsp3) is 0.118. The van der Waals surface area contributed by atoms with Crippen molar-refractivity contribution in [1.82, 2.24) is 5.32 Å². The van der Waals surface area contributed by atoms with Gasteiger partial charge in [-0.15, -0.1) is 0 Å². The summed E-state index contributed by atoms with van der Waals surface area (Å²) in [5.41, 5.74) is -4.10. The minimum Gasteiger partial charge on any atom is -0.314 e. The molecule has 2 aromatic carbocycles. The molecule has 0 radical (unpaired) electrons. The van der Waals surface area contributed by atoms with E-state index in [4.69, 9.17) is 0 Å². The quantitative estimate of drug-likeness (QED) is 0.683. The highest BCUT2D eigenvalue weighted by molar-refractivity contribution is 5.91. The summed E-state index contributed by atoms with van der Waals surface area (Å²) in [7, 11) is 0. The van der Waals surface area contributed by atoms with E-state index in [2.05, 4.69) is 5.32 Å². The van der Waals surface area contributed by atoms with Crippen LogP contribution >= 0.6 is 0 Å². The number of nitrogens with one attached hydrogen (secondary N) is 2. The normalized spacial score (nSPS) is 12.2. The lowest BCUT2D eigenvalue weighted by Crippen LogP contribution is -2.27. The van der Waals surface area contributed by atoms with Crippen LogP contribution in [-0.4, -0.2) is 6.03 Å². The van der Waals surface area contributed by atoms with Gasteiger partial charge in [-0.1, -0.05) is 36.4 Å². The molecule has 0 atom stereocenters. The second-order valence-electron chi connectivity index (χ2n) is 5.07. The smallest absolute Gasteiger partial charge is 0.314 e. The summed E-state index contributed by atoms with van der Waals surface area (Å²) < 4.78 is 77.8. The molecule has 0 bridgehead atoms. The van der Waals surface area contributed by atoms with Crippen molar-refractivity contribution in [1.29, 1.82) is 0 Å². The molecule has 0 aromatic heterocycles. The maximum absolute atomic E-state index is 13.1. The SMILES string of the molecule is O=C(NC=Cc1ccccc1)Nc1cccc(C(F)(F)F)c1C(F)(F)F. The molecule has 0 saturated heterocycles. The predicted octanol–water partition coefficient (Wildman–Crippen LogP) is 5.52. The molecule has 0 heterocycles. The lowest BCUT2D eigenvalue weighted by molar-refractivity contribution is -0.161. The highest BCUT2D eigenvalue weighted by Gasteiger charge is 2.45. The first-order valence-electron chi connectivity index (χ1n) is 7.15. The van der Waals surface area contributed by atoms with Gasteiger partial charge in [-0.25, -0.2) is 4.79 Å². The van der Waals surface area contributed by atoms with Gasteiger partial charge in [0.15, 0.2) is 0 Å². The molecular formula is C17H12F6N2O. The average molecular weight is 374 g/mol. The van der Waals surface area contributed by atoms with Gasteiger partial charge in [-0.3, -0.25) is 0 Å². The third-order valence-electron chi connectivity index (χ3n) is 3.19. The van der Waals surface area contributed by atoms with Crippen LogP contribution in [0, 0.1) is 0 Å². The summed E-state index contributed by atoms with van der Waals surface area (Å²) in [5, 5.41) is 3.93. The van der Waals surface area contributed by atoms with Gasteiger partial charge in [-0.05, 0) is 23.8 Å². The highest BCUT2D eigenvalue weighted by Crippen LogP contribution is 2.43. The predicted molar refractivity (Wildman–Crippen MR) is 84.1 cm³/mol. The molecular weight excluding hydrogens is 362 g/mol. The summed E-state index contributed by atoms with van der Waals surface area (Å²) in [6.07, 6.45) is -7.89. The van der Waals surface area contributed by atoms with E-state index in [9.17, 15) is 31.1 Å². The summed E-state index contributed by atoms with van der Waals surface area (Å²) >= 11 is 0. The second kappa shape index (κ2) is 7.51. The van der Waals surface area contributed by atoms with Crippen LogP contribution in [0.1, 0.15) is 16.7 Å². The van der Waals surface area contributed by atoms with Crippen molar-refractivity contribution in [3.05, 3.63) is 71.4 Å². The molecule has 26 heavy (non-hydrogen) atoms. The number of halogens is 6. The Balaban J connectivity index is 2.21. The molecule has 2 amide bonds. The molecule has 3 nitrogen and oxygen atoms in total. The first-order chi connectivity index (χ1) is 12.1. The zero-order valence-electron chi connectivity index (χ0n) is 12.9. The highest BCUT2D eigenvalue weighted by atomic mass is 19.4. The van der Waals surface area contributed by atoms with Gasteiger partial charge in [0.25, 0.3) is 0 Å². The molecule has 9 heteroatoms. The second-order valence-corrected chi connectivity index (χ2v) is 5.07. The van der Waals surface area contributed by atoms with Crippen molar-refractivity contribution in [2.45, 2.75) is 12.4 Å². The van der Waals surface area contributed by atoms with Crippen LogP contribution in [0.3, 0.4) is 0 Å². The van der Waals surface area contributed by atoms with E-state index < -0.39 is 35.2 Å². The van der Waals surface area contributed by atoms with Crippen molar-refractivity contribution < 1.29 is 31.1 Å². The van der Waals surface area contributed by atoms with Crippen LogP contribution in [0.15, 0.2) is 54.7 Å². The Morgan fingerprint density at radius 1 is 0.846 bits per heavy atom. The van der Waals surface area contributed by atoms with E-state index in [1.807, 2.05) is 0 Å². The monoisotopic (exact) mass is 374 g/mol. The van der Waals surface area contributed by atoms with Crippen LogP contribution in [-0.2, 0) is 12.4 Å². The molecule has 0 aliphatic rings.